The van der Waals surface area contributed by atoms with Crippen LogP contribution in [0.2, 0.25) is 0 Å². The number of nitrogens with one attached hydrogen (secondary N) is 1. The molecule has 5 atom stereocenters. The number of carbonyl (C=O) groups excluding carboxylic acids is 2. The Morgan fingerprint density at radius 2 is 1.90 bits per heavy atom. The number of carbonyl (C=O) groups is 2. The molecule has 4 heterocycles. The van der Waals surface area contributed by atoms with Gasteiger partial charge in [-0.3, -0.25) is 9.80 Å². The molecule has 1 saturated heterocycles. The Balaban J connectivity index is 1.54. The van der Waals surface area contributed by atoms with Crippen LogP contribution in [0.15, 0.2) is 18.7 Å². The Morgan fingerprint density at radius 3 is 2.57 bits per heavy atom. The first-order chi connectivity index (χ1) is 23.3. The van der Waals surface area contributed by atoms with Crippen LogP contribution in [-0.4, -0.2) is 89.8 Å². The summed E-state index contributed by atoms with van der Waals surface area (Å²) in [6, 6.07) is 1.84. The van der Waals surface area contributed by atoms with Crippen LogP contribution in [0.5, 0.6) is 28.7 Å². The van der Waals surface area contributed by atoms with Gasteiger partial charge in [-0.1, -0.05) is 53.5 Å². The lowest BCUT2D eigenvalue weighted by Gasteiger charge is -2.60. The largest absolute Gasteiger partial charge is 0.514 e. The van der Waals surface area contributed by atoms with Gasteiger partial charge in [0.05, 0.1) is 25.3 Å². The van der Waals surface area contributed by atoms with Gasteiger partial charge in [0.15, 0.2) is 23.0 Å². The molecule has 13 nitrogen and oxygen atoms in total. The smallest absolute Gasteiger partial charge is 0.504 e. The van der Waals surface area contributed by atoms with Gasteiger partial charge < -0.3 is 38.8 Å². The van der Waals surface area contributed by atoms with Gasteiger partial charge in [-0.15, -0.1) is 0 Å². The molecule has 49 heavy (non-hydrogen) atoms. The molecule has 2 aromatic rings. The summed E-state index contributed by atoms with van der Waals surface area (Å²) in [4.78, 5) is 30.0. The number of alkyl halides is 3. The Morgan fingerprint density at radius 1 is 1.16 bits per heavy atom. The van der Waals surface area contributed by atoms with Crippen LogP contribution >= 0.6 is 34.8 Å². The SMILES string of the molecule is C=CCOC(=O)Oc1c(C)c2c(c3c1CC1[C@H]4c5c(cc(C)c(OC)c5O)C[C@@H]([C@H](C#N)N1[C@H]3CNC(=O)OCC(Cl)(Cl)Cl)N4C)OCO2. The van der Waals surface area contributed by atoms with Gasteiger partial charge in [-0.2, -0.15) is 5.26 Å². The van der Waals surface area contributed by atoms with Crippen LogP contribution in [0.25, 0.3) is 0 Å². The van der Waals surface area contributed by atoms with Crippen molar-refractivity contribution >= 4 is 47.1 Å². The molecule has 0 radical (unpaired) electrons. The summed E-state index contributed by atoms with van der Waals surface area (Å²) < 4.78 is 31.9. The third-order valence-corrected chi connectivity index (χ3v) is 9.90. The predicted octanol–water partition coefficient (Wildman–Crippen LogP) is 5.32. The maximum atomic E-state index is 12.9. The molecule has 2 aromatic carbocycles. The number of alkyl carbamates (subject to hydrolysis) is 1. The van der Waals surface area contributed by atoms with Crippen molar-refractivity contribution in [3.8, 4) is 34.8 Å². The summed E-state index contributed by atoms with van der Waals surface area (Å²) >= 11 is 17.4. The van der Waals surface area contributed by atoms with Crippen molar-refractivity contribution in [3.05, 3.63) is 52.1 Å². The molecule has 0 aliphatic carbocycles. The van der Waals surface area contributed by atoms with E-state index in [0.717, 1.165) is 11.1 Å². The fraction of sp³-hybridized carbons (Fsp3) is 0.485. The van der Waals surface area contributed by atoms with Gasteiger partial charge in [0.1, 0.15) is 25.0 Å². The van der Waals surface area contributed by atoms with Crippen molar-refractivity contribution in [1.29, 1.82) is 5.26 Å². The summed E-state index contributed by atoms with van der Waals surface area (Å²) in [5.74, 6) is 1.35. The number of hydrogen-bond acceptors (Lipinski definition) is 12. The second kappa shape index (κ2) is 13.5. The Bertz CT molecular complexity index is 1740. The van der Waals surface area contributed by atoms with Crippen LogP contribution in [0.4, 0.5) is 9.59 Å². The number of piperazine rings is 1. The van der Waals surface area contributed by atoms with Crippen LogP contribution < -0.4 is 24.3 Å². The Labute approximate surface area is 298 Å². The van der Waals surface area contributed by atoms with E-state index in [-0.39, 0.29) is 43.9 Å². The minimum absolute atomic E-state index is 0.0188. The lowest BCUT2D eigenvalue weighted by atomic mass is 9.71. The van der Waals surface area contributed by atoms with E-state index in [1.807, 2.05) is 24.9 Å². The molecule has 4 aliphatic heterocycles. The van der Waals surface area contributed by atoms with Gasteiger partial charge in [0, 0.05) is 40.9 Å². The number of nitrogens with zero attached hydrogens (tertiary/aromatic N) is 3. The highest BCUT2D eigenvalue weighted by molar-refractivity contribution is 6.67. The van der Waals surface area contributed by atoms with E-state index in [4.69, 9.17) is 63.2 Å². The maximum Gasteiger partial charge on any atom is 0.514 e. The lowest BCUT2D eigenvalue weighted by Crippen LogP contribution is -2.68. The summed E-state index contributed by atoms with van der Waals surface area (Å²) in [5, 5.41) is 25.3. The van der Waals surface area contributed by atoms with Crippen LogP contribution in [-0.2, 0) is 22.3 Å². The number of nitriles is 1. The van der Waals surface area contributed by atoms with E-state index in [1.165, 1.54) is 13.2 Å². The van der Waals surface area contributed by atoms with E-state index in [2.05, 4.69) is 22.9 Å². The van der Waals surface area contributed by atoms with E-state index in [0.29, 0.717) is 45.9 Å². The molecule has 16 heteroatoms. The third kappa shape index (κ3) is 6.14. The quantitative estimate of drug-likeness (QED) is 0.164. The van der Waals surface area contributed by atoms with Crippen molar-refractivity contribution in [2.75, 3.05) is 40.7 Å². The molecule has 0 spiro atoms. The molecule has 1 fully saturated rings. The molecule has 2 bridgehead atoms. The highest BCUT2D eigenvalue weighted by Crippen LogP contribution is 2.58. The molecule has 1 amide bonds. The minimum Gasteiger partial charge on any atom is -0.504 e. The third-order valence-electron chi connectivity index (χ3n) is 9.58. The number of aromatic hydroxyl groups is 1. The normalized spacial score (nSPS) is 23.7. The van der Waals surface area contributed by atoms with Crippen LogP contribution in [0, 0.1) is 25.2 Å². The zero-order valence-electron chi connectivity index (χ0n) is 27.2. The first kappa shape index (κ1) is 35.0. The molecular weight excluding hydrogens is 703 g/mol. The highest BCUT2D eigenvalue weighted by Gasteiger charge is 2.57. The van der Waals surface area contributed by atoms with Crippen molar-refractivity contribution in [3.63, 3.8) is 0 Å². The number of halogens is 3. The first-order valence-electron chi connectivity index (χ1n) is 15.5. The number of likely N-dealkylation sites (N-methyl/N-ethyl adjacent to an activating group) is 1. The second-order valence-corrected chi connectivity index (χ2v) is 14.8. The summed E-state index contributed by atoms with van der Waals surface area (Å²) in [6.45, 7) is 6.44. The number of fused-ring (bicyclic) bond motifs is 9. The van der Waals surface area contributed by atoms with Crippen LogP contribution in [0.3, 0.4) is 0 Å². The van der Waals surface area contributed by atoms with Crippen molar-refractivity contribution < 1.29 is 43.1 Å². The van der Waals surface area contributed by atoms with Gasteiger partial charge in [-0.05, 0) is 44.9 Å². The number of aryl methyl sites for hydroxylation is 1. The zero-order valence-corrected chi connectivity index (χ0v) is 29.4. The molecule has 4 aliphatic rings. The monoisotopic (exact) mass is 736 g/mol. The minimum atomic E-state index is -1.83. The topological polar surface area (TPSA) is 152 Å². The number of phenolic OH excluding ortho intramolecular Hbond substituents is 1. The summed E-state index contributed by atoms with van der Waals surface area (Å²) in [5.41, 5.74) is 4.02. The number of benzene rings is 2. The fourth-order valence-electron chi connectivity index (χ4n) is 7.79. The van der Waals surface area contributed by atoms with Crippen LogP contribution in [0.1, 0.15) is 45.5 Å². The molecule has 1 unspecified atom stereocenters. The standard InChI is InChI=1S/C33H35Cl3N4O9/c1-6-7-45-32(43)49-28-16(3)29-30(48-14-47-29)24-18(28)10-20-25-23-17(8-15(2)27(44-5)26(23)41)9-19(39(25)4)21(11-37)40(20)22(24)12-38-31(42)46-13-33(34,35)36/h6,8,19-22,25,41H,1,7,9-10,12-14H2,2-5H3,(H,38,42)/t19-,20?,21-,22-,25-/m0/s1. The molecule has 2 N–H and O–H groups in total. The number of ether oxygens (including phenoxy) is 6. The predicted molar refractivity (Wildman–Crippen MR) is 178 cm³/mol. The zero-order chi connectivity index (χ0) is 35.4. The number of phenols is 1. The highest BCUT2D eigenvalue weighted by atomic mass is 35.6. The Hall–Kier alpha value is -3.80. The lowest BCUT2D eigenvalue weighted by molar-refractivity contribution is -0.0723. The number of hydrogen-bond donors (Lipinski definition) is 2. The van der Waals surface area contributed by atoms with Gasteiger partial charge >= 0.3 is 12.2 Å². The molecule has 0 aromatic heterocycles. The van der Waals surface area contributed by atoms with E-state index < -0.39 is 46.8 Å². The average molecular weight is 738 g/mol. The summed E-state index contributed by atoms with van der Waals surface area (Å²) in [7, 11) is 3.43. The van der Waals surface area contributed by atoms with Gasteiger partial charge in [-0.25, -0.2) is 9.59 Å². The van der Waals surface area contributed by atoms with E-state index in [1.54, 1.807) is 6.92 Å². The fourth-order valence-corrected chi connectivity index (χ4v) is 7.95. The molecule has 6 rings (SSSR count). The number of amides is 1. The average Bonchev–Trinajstić information content (AvgIpc) is 3.54. The van der Waals surface area contributed by atoms with Gasteiger partial charge in [0.25, 0.3) is 0 Å². The number of rotatable bonds is 7. The number of methoxy groups -OCH3 is 1. The van der Waals surface area contributed by atoms with Crippen molar-refractivity contribution in [2.24, 2.45) is 0 Å². The Kier molecular flexibility index (Phi) is 9.65. The first-order valence-corrected chi connectivity index (χ1v) is 16.6. The molecule has 0 saturated carbocycles. The van der Waals surface area contributed by atoms with Crippen molar-refractivity contribution in [1.82, 2.24) is 15.1 Å². The molecule has 262 valence electrons. The molecular formula is C33H35Cl3N4O9. The van der Waals surface area contributed by atoms with E-state index >= 15 is 0 Å². The summed E-state index contributed by atoms with van der Waals surface area (Å²) in [6.07, 6.45) is 0.332. The van der Waals surface area contributed by atoms with Crippen molar-refractivity contribution in [2.45, 2.75) is 60.7 Å². The van der Waals surface area contributed by atoms with Gasteiger partial charge in [0.2, 0.25) is 10.6 Å². The van der Waals surface area contributed by atoms with E-state index in [9.17, 15) is 20.0 Å². The second-order valence-electron chi connectivity index (χ2n) is 12.3. The maximum absolute atomic E-state index is 12.9.